The normalized spacial score (nSPS) is 12.9. The number of ether oxygens (including phenoxy) is 1. The van der Waals surface area contributed by atoms with Gasteiger partial charge < -0.3 is 15.2 Å². The van der Waals surface area contributed by atoms with Gasteiger partial charge in [0, 0.05) is 12.6 Å². The van der Waals surface area contributed by atoms with E-state index in [1.807, 2.05) is 20.8 Å². The summed E-state index contributed by atoms with van der Waals surface area (Å²) >= 11 is 0. The van der Waals surface area contributed by atoms with Crippen molar-refractivity contribution in [2.75, 3.05) is 6.61 Å². The minimum Gasteiger partial charge on any atom is -0.444 e. The van der Waals surface area contributed by atoms with Crippen LogP contribution in [-0.4, -0.2) is 29.4 Å². The third-order valence-electron chi connectivity index (χ3n) is 3.16. The van der Waals surface area contributed by atoms with Gasteiger partial charge in [-0.2, -0.15) is 0 Å². The van der Waals surface area contributed by atoms with Crippen LogP contribution in [0.4, 0.5) is 4.79 Å². The van der Waals surface area contributed by atoms with Crippen LogP contribution in [0.5, 0.6) is 0 Å². The lowest BCUT2D eigenvalue weighted by Gasteiger charge is -2.24. The number of hydrogen-bond donors (Lipinski definition) is 2. The second-order valence-electron chi connectivity index (χ2n) is 6.49. The van der Waals surface area contributed by atoms with Gasteiger partial charge in [-0.1, -0.05) is 23.8 Å². The van der Waals surface area contributed by atoms with Crippen molar-refractivity contribution < 1.29 is 14.6 Å². The van der Waals surface area contributed by atoms with E-state index in [-0.39, 0.29) is 12.6 Å². The van der Waals surface area contributed by atoms with Crippen LogP contribution in [0.3, 0.4) is 0 Å². The van der Waals surface area contributed by atoms with E-state index in [0.717, 1.165) is 0 Å². The molecule has 1 rings (SSSR count). The van der Waals surface area contributed by atoms with E-state index in [2.05, 4.69) is 37.4 Å². The van der Waals surface area contributed by atoms with Crippen molar-refractivity contribution in [3.05, 3.63) is 34.9 Å². The van der Waals surface area contributed by atoms with Gasteiger partial charge in [-0.05, 0) is 58.6 Å². The highest BCUT2D eigenvalue weighted by Crippen LogP contribution is 2.14. The molecule has 0 radical (unpaired) electrons. The van der Waals surface area contributed by atoms with E-state index in [1.54, 1.807) is 0 Å². The number of aliphatic hydroxyl groups excluding tert-OH is 1. The van der Waals surface area contributed by atoms with Crippen LogP contribution in [0.2, 0.25) is 0 Å². The predicted octanol–water partition coefficient (Wildman–Crippen LogP) is 3.12. The molecule has 0 saturated heterocycles. The highest BCUT2D eigenvalue weighted by molar-refractivity contribution is 5.68. The Hall–Kier alpha value is -1.55. The Labute approximate surface area is 127 Å². The van der Waals surface area contributed by atoms with Crippen LogP contribution in [0.25, 0.3) is 0 Å². The van der Waals surface area contributed by atoms with Crippen LogP contribution in [0, 0.1) is 13.8 Å². The Bertz CT molecular complexity index is 477. The Balaban J connectivity index is 2.71. The molecule has 0 heterocycles. The van der Waals surface area contributed by atoms with E-state index in [0.29, 0.717) is 12.8 Å². The lowest BCUT2D eigenvalue weighted by Crippen LogP contribution is -2.40. The monoisotopic (exact) mass is 293 g/mol. The minimum absolute atomic E-state index is 0.0331. The van der Waals surface area contributed by atoms with Crippen molar-refractivity contribution in [1.82, 2.24) is 5.32 Å². The molecule has 0 aliphatic rings. The topological polar surface area (TPSA) is 58.6 Å². The van der Waals surface area contributed by atoms with Gasteiger partial charge in [-0.25, -0.2) is 4.79 Å². The number of alkyl carbamates (subject to hydrolysis) is 1. The van der Waals surface area contributed by atoms with Crippen LogP contribution in [-0.2, 0) is 11.2 Å². The van der Waals surface area contributed by atoms with Crippen molar-refractivity contribution in [1.29, 1.82) is 0 Å². The molecule has 1 aromatic carbocycles. The van der Waals surface area contributed by atoms with Gasteiger partial charge in [0.05, 0.1) is 0 Å². The zero-order valence-electron chi connectivity index (χ0n) is 13.7. The van der Waals surface area contributed by atoms with Crippen molar-refractivity contribution in [2.45, 2.75) is 59.1 Å². The van der Waals surface area contributed by atoms with Gasteiger partial charge in [-0.3, -0.25) is 0 Å². The fourth-order valence-electron chi connectivity index (χ4n) is 2.20. The molecule has 2 N–H and O–H groups in total. The second kappa shape index (κ2) is 7.46. The standard InChI is InChI=1S/C17H27NO3/c1-12-6-7-14(13(2)10-12)11-15(8-9-19)18-16(20)21-17(3,4)5/h6-7,10,15,19H,8-9,11H2,1-5H3,(H,18,20)/t15-/m0/s1. The number of aliphatic hydroxyl groups is 1. The molecule has 1 atom stereocenters. The molecule has 0 unspecified atom stereocenters. The third kappa shape index (κ3) is 6.63. The molecule has 1 amide bonds. The summed E-state index contributed by atoms with van der Waals surface area (Å²) in [7, 11) is 0. The number of carbonyl (C=O) groups is 1. The molecule has 0 saturated carbocycles. The highest BCUT2D eigenvalue weighted by Gasteiger charge is 2.20. The molecule has 4 nitrogen and oxygen atoms in total. The number of hydrogen-bond acceptors (Lipinski definition) is 3. The largest absolute Gasteiger partial charge is 0.444 e. The molecule has 0 bridgehead atoms. The van der Waals surface area contributed by atoms with Crippen molar-refractivity contribution >= 4 is 6.09 Å². The maximum absolute atomic E-state index is 11.9. The molecular formula is C17H27NO3. The first-order valence-electron chi connectivity index (χ1n) is 7.38. The molecule has 0 fully saturated rings. The number of amides is 1. The lowest BCUT2D eigenvalue weighted by molar-refractivity contribution is 0.0497. The summed E-state index contributed by atoms with van der Waals surface area (Å²) in [5, 5.41) is 12.0. The molecule has 0 aliphatic carbocycles. The molecule has 21 heavy (non-hydrogen) atoms. The number of aryl methyl sites for hydroxylation is 2. The first-order chi connectivity index (χ1) is 9.71. The van der Waals surface area contributed by atoms with Crippen LogP contribution >= 0.6 is 0 Å². The first-order valence-corrected chi connectivity index (χ1v) is 7.38. The predicted molar refractivity (Wildman–Crippen MR) is 84.5 cm³/mol. The molecule has 1 aromatic rings. The van der Waals surface area contributed by atoms with Crippen LogP contribution in [0.15, 0.2) is 18.2 Å². The van der Waals surface area contributed by atoms with E-state index < -0.39 is 11.7 Å². The van der Waals surface area contributed by atoms with Gasteiger partial charge >= 0.3 is 6.09 Å². The molecule has 4 heteroatoms. The maximum atomic E-state index is 11.9. The zero-order chi connectivity index (χ0) is 16.0. The Kier molecular flexibility index (Phi) is 6.21. The average Bonchev–Trinajstić information content (AvgIpc) is 2.30. The summed E-state index contributed by atoms with van der Waals surface area (Å²) in [5.41, 5.74) is 3.07. The van der Waals surface area contributed by atoms with Crippen molar-refractivity contribution in [2.24, 2.45) is 0 Å². The van der Waals surface area contributed by atoms with E-state index in [9.17, 15) is 9.90 Å². The molecule has 0 aliphatic heterocycles. The zero-order valence-corrected chi connectivity index (χ0v) is 13.7. The lowest BCUT2D eigenvalue weighted by atomic mass is 9.98. The Morgan fingerprint density at radius 1 is 1.33 bits per heavy atom. The second-order valence-corrected chi connectivity index (χ2v) is 6.49. The number of benzene rings is 1. The first kappa shape index (κ1) is 17.5. The molecular weight excluding hydrogens is 266 g/mol. The quantitative estimate of drug-likeness (QED) is 0.877. The summed E-state index contributed by atoms with van der Waals surface area (Å²) in [4.78, 5) is 11.9. The fourth-order valence-corrected chi connectivity index (χ4v) is 2.20. The van der Waals surface area contributed by atoms with Gasteiger partial charge in [0.2, 0.25) is 0 Å². The van der Waals surface area contributed by atoms with Gasteiger partial charge in [-0.15, -0.1) is 0 Å². The fraction of sp³-hybridized carbons (Fsp3) is 0.588. The number of rotatable bonds is 5. The molecule has 0 spiro atoms. The number of carbonyl (C=O) groups excluding carboxylic acids is 1. The van der Waals surface area contributed by atoms with E-state index >= 15 is 0 Å². The average molecular weight is 293 g/mol. The SMILES string of the molecule is Cc1ccc(C[C@H](CCO)NC(=O)OC(C)(C)C)c(C)c1. The number of nitrogens with one attached hydrogen (secondary N) is 1. The molecule has 118 valence electrons. The smallest absolute Gasteiger partial charge is 0.407 e. The maximum Gasteiger partial charge on any atom is 0.407 e. The highest BCUT2D eigenvalue weighted by atomic mass is 16.6. The summed E-state index contributed by atoms with van der Waals surface area (Å²) in [6, 6.07) is 6.13. The van der Waals surface area contributed by atoms with Crippen LogP contribution < -0.4 is 5.32 Å². The summed E-state index contributed by atoms with van der Waals surface area (Å²) < 4.78 is 5.27. The van der Waals surface area contributed by atoms with Gasteiger partial charge in [0.15, 0.2) is 0 Å². The Morgan fingerprint density at radius 3 is 2.52 bits per heavy atom. The van der Waals surface area contributed by atoms with E-state index in [1.165, 1.54) is 16.7 Å². The minimum atomic E-state index is -0.520. The van der Waals surface area contributed by atoms with Gasteiger partial charge in [0.1, 0.15) is 5.60 Å². The van der Waals surface area contributed by atoms with Crippen molar-refractivity contribution in [3.63, 3.8) is 0 Å². The summed E-state index contributed by atoms with van der Waals surface area (Å²) in [6.07, 6.45) is 0.754. The summed E-state index contributed by atoms with van der Waals surface area (Å²) in [6.45, 7) is 9.64. The molecule has 0 aromatic heterocycles. The third-order valence-corrected chi connectivity index (χ3v) is 3.16. The Morgan fingerprint density at radius 2 is 2.00 bits per heavy atom. The van der Waals surface area contributed by atoms with E-state index in [4.69, 9.17) is 4.74 Å². The van der Waals surface area contributed by atoms with Crippen LogP contribution in [0.1, 0.15) is 43.9 Å². The van der Waals surface area contributed by atoms with Gasteiger partial charge in [0.25, 0.3) is 0 Å². The summed E-state index contributed by atoms with van der Waals surface area (Å²) in [5.74, 6) is 0. The van der Waals surface area contributed by atoms with Crippen molar-refractivity contribution in [3.8, 4) is 0 Å².